The first kappa shape index (κ1) is 17.0. The summed E-state index contributed by atoms with van der Waals surface area (Å²) >= 11 is 1.78. The van der Waals surface area contributed by atoms with E-state index in [4.69, 9.17) is 0 Å². The number of amides is 1. The number of rotatable bonds is 6. The average Bonchev–Trinajstić information content (AvgIpc) is 3.16. The molecular formula is C18H24N4OS. The first-order valence-electron chi connectivity index (χ1n) is 8.41. The third-order valence-corrected chi connectivity index (χ3v) is 5.54. The molecule has 2 aromatic rings. The quantitative estimate of drug-likeness (QED) is 0.789. The van der Waals surface area contributed by atoms with Crippen molar-refractivity contribution < 1.29 is 4.79 Å². The van der Waals surface area contributed by atoms with E-state index >= 15 is 0 Å². The van der Waals surface area contributed by atoms with Crippen LogP contribution in [0.25, 0.3) is 0 Å². The summed E-state index contributed by atoms with van der Waals surface area (Å²) in [5, 5.41) is 11.1. The number of aromatic nitrogens is 2. The number of piperidine rings is 1. The van der Waals surface area contributed by atoms with Gasteiger partial charge < -0.3 is 10.6 Å². The minimum atomic E-state index is -0.564. The van der Waals surface area contributed by atoms with Crippen molar-refractivity contribution in [3.8, 4) is 0 Å². The maximum atomic E-state index is 13.0. The van der Waals surface area contributed by atoms with Crippen LogP contribution in [0, 0.1) is 0 Å². The van der Waals surface area contributed by atoms with Crippen molar-refractivity contribution in [2.75, 3.05) is 19.6 Å². The number of hydrogen-bond acceptors (Lipinski definition) is 4. The molecule has 1 aromatic carbocycles. The Morgan fingerprint density at radius 1 is 1.33 bits per heavy atom. The summed E-state index contributed by atoms with van der Waals surface area (Å²) in [6, 6.07) is 12.2. The number of nitrogens with zero attached hydrogens (tertiary/aromatic N) is 2. The lowest BCUT2D eigenvalue weighted by molar-refractivity contribution is -0.131. The number of carbonyl (C=O) groups excluding carboxylic acids is 1. The third-order valence-electron chi connectivity index (χ3n) is 4.43. The van der Waals surface area contributed by atoms with Crippen molar-refractivity contribution in [3.63, 3.8) is 0 Å². The normalized spacial score (nSPS) is 18.0. The molecule has 0 bridgehead atoms. The van der Waals surface area contributed by atoms with Gasteiger partial charge in [-0.3, -0.25) is 9.48 Å². The van der Waals surface area contributed by atoms with Crippen LogP contribution in [0.2, 0.25) is 0 Å². The molecule has 2 heterocycles. The van der Waals surface area contributed by atoms with Crippen LogP contribution in [-0.4, -0.2) is 40.6 Å². The second-order valence-electron chi connectivity index (χ2n) is 6.18. The zero-order valence-corrected chi connectivity index (χ0v) is 14.8. The van der Waals surface area contributed by atoms with Gasteiger partial charge in [0.25, 0.3) is 0 Å². The van der Waals surface area contributed by atoms with Gasteiger partial charge >= 0.3 is 0 Å². The van der Waals surface area contributed by atoms with Crippen LogP contribution >= 0.6 is 11.8 Å². The van der Waals surface area contributed by atoms with E-state index in [9.17, 15) is 4.79 Å². The predicted octanol–water partition coefficient (Wildman–Crippen LogP) is 2.26. The summed E-state index contributed by atoms with van der Waals surface area (Å²) in [5.41, 5.74) is -0.564. The van der Waals surface area contributed by atoms with E-state index in [1.807, 2.05) is 35.1 Å². The Morgan fingerprint density at radius 3 is 2.75 bits per heavy atom. The lowest BCUT2D eigenvalue weighted by atomic mass is 9.87. The smallest absolute Gasteiger partial charge is 0.248 e. The standard InChI is InChI=1S/C18H24N4OS/c1-15(24-16-6-3-2-4-7-16)14-20-17(23)18(8-11-19-12-9-18)22-13-5-10-21-22/h2-7,10,13,15,19H,8-9,11-12,14H2,1H3,(H,20,23). The third kappa shape index (κ3) is 3.82. The van der Waals surface area contributed by atoms with Gasteiger partial charge in [0.1, 0.15) is 5.54 Å². The van der Waals surface area contributed by atoms with Crippen LogP contribution in [-0.2, 0) is 10.3 Å². The van der Waals surface area contributed by atoms with E-state index in [-0.39, 0.29) is 5.91 Å². The van der Waals surface area contributed by atoms with Gasteiger partial charge in [-0.1, -0.05) is 25.1 Å². The molecule has 1 fully saturated rings. The Labute approximate surface area is 147 Å². The largest absolute Gasteiger partial charge is 0.353 e. The summed E-state index contributed by atoms with van der Waals surface area (Å²) in [6.45, 7) is 4.46. The lowest BCUT2D eigenvalue weighted by Crippen LogP contribution is -2.55. The fourth-order valence-electron chi connectivity index (χ4n) is 3.10. The van der Waals surface area contributed by atoms with Crippen LogP contribution in [0.3, 0.4) is 0 Å². The maximum Gasteiger partial charge on any atom is 0.248 e. The van der Waals surface area contributed by atoms with Gasteiger partial charge in [-0.05, 0) is 44.1 Å². The second kappa shape index (κ2) is 7.85. The van der Waals surface area contributed by atoms with Crippen LogP contribution in [0.1, 0.15) is 19.8 Å². The van der Waals surface area contributed by atoms with Gasteiger partial charge in [0.2, 0.25) is 5.91 Å². The predicted molar refractivity (Wildman–Crippen MR) is 97.1 cm³/mol. The molecule has 2 N–H and O–H groups in total. The Kier molecular flexibility index (Phi) is 5.58. The first-order chi connectivity index (χ1) is 11.7. The highest BCUT2D eigenvalue weighted by atomic mass is 32.2. The minimum absolute atomic E-state index is 0.0770. The molecule has 5 nitrogen and oxygen atoms in total. The molecule has 3 rings (SSSR count). The molecule has 1 unspecified atom stereocenters. The van der Waals surface area contributed by atoms with Crippen LogP contribution < -0.4 is 10.6 Å². The van der Waals surface area contributed by atoms with Crippen LogP contribution in [0.4, 0.5) is 0 Å². The van der Waals surface area contributed by atoms with Crippen molar-refractivity contribution in [2.45, 2.75) is 35.4 Å². The maximum absolute atomic E-state index is 13.0. The molecule has 128 valence electrons. The van der Waals surface area contributed by atoms with Crippen molar-refractivity contribution in [1.29, 1.82) is 0 Å². The van der Waals surface area contributed by atoms with Crippen LogP contribution in [0.15, 0.2) is 53.7 Å². The molecule has 1 amide bonds. The SMILES string of the molecule is CC(CNC(=O)C1(n2cccn2)CCNCC1)Sc1ccccc1. The van der Waals surface area contributed by atoms with Crippen molar-refractivity contribution in [3.05, 3.63) is 48.8 Å². The molecule has 1 aliphatic rings. The number of carbonyl (C=O) groups is 1. The highest BCUT2D eigenvalue weighted by Gasteiger charge is 2.41. The van der Waals surface area contributed by atoms with Crippen molar-refractivity contribution in [1.82, 2.24) is 20.4 Å². The number of benzene rings is 1. The molecule has 1 aliphatic heterocycles. The zero-order chi connectivity index (χ0) is 16.8. The van der Waals surface area contributed by atoms with Crippen molar-refractivity contribution >= 4 is 17.7 Å². The lowest BCUT2D eigenvalue weighted by Gasteiger charge is -2.36. The molecule has 1 saturated heterocycles. The fraction of sp³-hybridized carbons (Fsp3) is 0.444. The summed E-state index contributed by atoms with van der Waals surface area (Å²) in [4.78, 5) is 14.2. The Balaban J connectivity index is 1.62. The van der Waals surface area contributed by atoms with Crippen molar-refractivity contribution in [2.24, 2.45) is 0 Å². The molecule has 24 heavy (non-hydrogen) atoms. The highest BCUT2D eigenvalue weighted by molar-refractivity contribution is 8.00. The molecule has 0 saturated carbocycles. The van der Waals surface area contributed by atoms with Gasteiger partial charge in [0, 0.05) is 29.1 Å². The zero-order valence-electron chi connectivity index (χ0n) is 13.9. The van der Waals surface area contributed by atoms with E-state index < -0.39 is 5.54 Å². The Morgan fingerprint density at radius 2 is 2.08 bits per heavy atom. The molecule has 0 spiro atoms. The number of nitrogens with one attached hydrogen (secondary N) is 2. The van der Waals surface area contributed by atoms with Crippen LogP contribution in [0.5, 0.6) is 0 Å². The van der Waals surface area contributed by atoms with E-state index in [1.165, 1.54) is 4.90 Å². The van der Waals surface area contributed by atoms with Gasteiger partial charge in [0.05, 0.1) is 0 Å². The molecule has 1 aromatic heterocycles. The topological polar surface area (TPSA) is 59.0 Å². The average molecular weight is 344 g/mol. The number of hydrogen-bond donors (Lipinski definition) is 2. The molecule has 6 heteroatoms. The van der Waals surface area contributed by atoms with Gasteiger partial charge in [-0.2, -0.15) is 5.10 Å². The van der Waals surface area contributed by atoms with E-state index in [2.05, 4.69) is 34.8 Å². The minimum Gasteiger partial charge on any atom is -0.353 e. The van der Waals surface area contributed by atoms with Gasteiger partial charge in [0.15, 0.2) is 0 Å². The molecule has 1 atom stereocenters. The number of thioether (sulfide) groups is 1. The van der Waals surface area contributed by atoms with E-state index in [1.54, 1.807) is 18.0 Å². The Bertz CT molecular complexity index is 638. The summed E-state index contributed by atoms with van der Waals surface area (Å²) in [7, 11) is 0. The Hall–Kier alpha value is -1.79. The first-order valence-corrected chi connectivity index (χ1v) is 9.29. The second-order valence-corrected chi connectivity index (χ2v) is 7.70. The van der Waals surface area contributed by atoms with Gasteiger partial charge in [-0.25, -0.2) is 0 Å². The monoisotopic (exact) mass is 344 g/mol. The van der Waals surface area contributed by atoms with E-state index in [0.29, 0.717) is 11.8 Å². The highest BCUT2D eigenvalue weighted by Crippen LogP contribution is 2.28. The molecule has 0 radical (unpaired) electrons. The summed E-state index contributed by atoms with van der Waals surface area (Å²) in [6.07, 6.45) is 5.17. The molecule has 0 aliphatic carbocycles. The molecular weight excluding hydrogens is 320 g/mol. The fourth-order valence-corrected chi connectivity index (χ4v) is 4.04. The van der Waals surface area contributed by atoms with Gasteiger partial charge in [-0.15, -0.1) is 11.8 Å². The summed E-state index contributed by atoms with van der Waals surface area (Å²) in [5.74, 6) is 0.0770. The summed E-state index contributed by atoms with van der Waals surface area (Å²) < 4.78 is 1.83. The van der Waals surface area contributed by atoms with E-state index in [0.717, 1.165) is 25.9 Å².